The van der Waals surface area contributed by atoms with Crippen LogP contribution in [0.1, 0.15) is 226 Å². The van der Waals surface area contributed by atoms with Gasteiger partial charge in [0.1, 0.15) is 18.3 Å². The molecule has 0 saturated carbocycles. The van der Waals surface area contributed by atoms with Gasteiger partial charge >= 0.3 is 19.7 Å². The average Bonchev–Trinajstić information content (AvgIpc) is 3.22. The molecule has 0 radical (unpaired) electrons. The first-order valence-corrected chi connectivity index (χ1v) is 26.5. The molecule has 0 aromatic heterocycles. The van der Waals surface area contributed by atoms with Gasteiger partial charge in [-0.3, -0.25) is 9.32 Å². The number of unbranched alkanes of at least 4 members (excludes halogenated alkanes) is 26. The molecule has 1 amide bonds. The number of ether oxygens (including phenoxy) is 3. The maximum Gasteiger partial charge on any atom is 0.470 e. The van der Waals surface area contributed by atoms with E-state index in [0.717, 1.165) is 77.0 Å². The van der Waals surface area contributed by atoms with Gasteiger partial charge in [-0.05, 0) is 25.7 Å². The molecule has 62 heavy (non-hydrogen) atoms. The van der Waals surface area contributed by atoms with Gasteiger partial charge in [-0.2, -0.15) is 8.78 Å². The number of carbonyl (C=O) groups excluding carboxylic acids is 1. The maximum atomic E-state index is 15.3. The fourth-order valence-electron chi connectivity index (χ4n) is 8.31. The molecule has 6 atom stereocenters. The van der Waals surface area contributed by atoms with Gasteiger partial charge in [-0.1, -0.05) is 194 Å². The van der Waals surface area contributed by atoms with E-state index in [2.05, 4.69) is 26.1 Å². The Bertz CT molecular complexity index is 1150. The van der Waals surface area contributed by atoms with Gasteiger partial charge in [0, 0.05) is 19.6 Å². The highest BCUT2D eigenvalue weighted by molar-refractivity contribution is 7.46. The number of carbonyl (C=O) groups is 2. The molecule has 1 aliphatic rings. The number of hydrogen-bond donors (Lipinski definition) is 5. The van der Waals surface area contributed by atoms with Crippen molar-refractivity contribution in [1.82, 2.24) is 5.32 Å². The normalized spacial score (nSPS) is 20.1. The van der Waals surface area contributed by atoms with E-state index >= 15 is 8.78 Å². The zero-order chi connectivity index (χ0) is 45.9. The Balaban J connectivity index is 3.01. The highest BCUT2D eigenvalue weighted by atomic mass is 31.2. The zero-order valence-corrected chi connectivity index (χ0v) is 40.0. The molecule has 0 spiro atoms. The van der Waals surface area contributed by atoms with Crippen LogP contribution in [0.5, 0.6) is 0 Å². The molecule has 12 nitrogen and oxygen atoms in total. The average molecular weight is 914 g/mol. The molecule has 15 heteroatoms. The number of phosphoric ester groups is 1. The molecular formula is C47H90F2NO11P. The number of phosphoric acid groups is 1. The fourth-order valence-corrected chi connectivity index (χ4v) is 8.89. The monoisotopic (exact) mass is 914 g/mol. The lowest BCUT2D eigenvalue weighted by atomic mass is 9.91. The number of carboxylic acid groups (broad SMARTS) is 1. The van der Waals surface area contributed by atoms with Crippen LogP contribution < -0.4 is 5.32 Å². The summed E-state index contributed by atoms with van der Waals surface area (Å²) in [7, 11) is -5.32. The Hall–Kier alpha value is -1.25. The van der Waals surface area contributed by atoms with Gasteiger partial charge in [0.15, 0.2) is 6.10 Å². The lowest BCUT2D eigenvalue weighted by Crippen LogP contribution is -2.68. The molecular weight excluding hydrogens is 823 g/mol. The van der Waals surface area contributed by atoms with Crippen molar-refractivity contribution in [2.75, 3.05) is 19.8 Å². The fraction of sp³-hybridized carbons (Fsp3) is 0.957. The second-order valence-electron chi connectivity index (χ2n) is 17.7. The van der Waals surface area contributed by atoms with E-state index in [-0.39, 0.29) is 19.1 Å². The number of halogens is 2. The first kappa shape index (κ1) is 58.8. The summed E-state index contributed by atoms with van der Waals surface area (Å²) in [6, 6.07) is -1.83. The number of aliphatic hydroxyl groups excluding tert-OH is 1. The largest absolute Gasteiger partial charge is 0.479 e. The van der Waals surface area contributed by atoms with Crippen molar-refractivity contribution in [3.8, 4) is 0 Å². The van der Waals surface area contributed by atoms with Crippen molar-refractivity contribution in [1.29, 1.82) is 0 Å². The molecule has 1 saturated heterocycles. The van der Waals surface area contributed by atoms with Gasteiger partial charge in [-0.25, -0.2) is 9.36 Å². The molecule has 0 aromatic rings. The Kier molecular flexibility index (Phi) is 35.0. The Morgan fingerprint density at radius 3 is 1.52 bits per heavy atom. The van der Waals surface area contributed by atoms with Crippen molar-refractivity contribution >= 4 is 19.7 Å². The van der Waals surface area contributed by atoms with E-state index in [1.54, 1.807) is 0 Å². The summed E-state index contributed by atoms with van der Waals surface area (Å²) in [6.07, 6.45) is 24.4. The quantitative estimate of drug-likeness (QED) is 0.0290. The molecule has 1 rings (SSSR count). The first-order valence-electron chi connectivity index (χ1n) is 25.0. The second-order valence-corrected chi connectivity index (χ2v) is 18.9. The molecule has 0 aromatic carbocycles. The lowest BCUT2D eigenvalue weighted by molar-refractivity contribution is -0.215. The maximum absolute atomic E-state index is 15.3. The van der Waals surface area contributed by atoms with Gasteiger partial charge in [0.2, 0.25) is 0 Å². The van der Waals surface area contributed by atoms with Gasteiger partial charge < -0.3 is 39.5 Å². The third-order valence-corrected chi connectivity index (χ3v) is 12.6. The molecule has 0 unspecified atom stereocenters. The predicted molar refractivity (Wildman–Crippen MR) is 241 cm³/mol. The molecule has 1 aliphatic heterocycles. The number of alkyl halides is 2. The minimum Gasteiger partial charge on any atom is -0.479 e. The Morgan fingerprint density at radius 1 is 0.645 bits per heavy atom. The predicted octanol–water partition coefficient (Wildman–Crippen LogP) is 11.7. The number of aliphatic carboxylic acids is 1. The molecule has 1 heterocycles. The van der Waals surface area contributed by atoms with Crippen LogP contribution in [0.25, 0.3) is 0 Å². The van der Waals surface area contributed by atoms with Crippen molar-refractivity contribution in [2.24, 2.45) is 0 Å². The summed E-state index contributed by atoms with van der Waals surface area (Å²) in [5, 5.41) is 22.3. The summed E-state index contributed by atoms with van der Waals surface area (Å²) < 4.78 is 65.7. The summed E-state index contributed by atoms with van der Waals surface area (Å²) in [5.41, 5.74) is 0. The second kappa shape index (κ2) is 36.9. The van der Waals surface area contributed by atoms with Gasteiger partial charge in [0.05, 0.1) is 18.8 Å². The smallest absolute Gasteiger partial charge is 0.470 e. The Morgan fingerprint density at radius 2 is 1.08 bits per heavy atom. The van der Waals surface area contributed by atoms with Crippen LogP contribution >= 0.6 is 7.82 Å². The number of rotatable bonds is 43. The standard InChI is InChI=1S/C47H90F2NO11P/c1-4-7-10-13-16-19-22-25-28-31-35-47(48,49)46(54)50-41-43(42(61-62(55,56)57)40(38-51)60-44(41)45(52)53)59-37-34-39(33-30-27-24-21-18-15-12-9-6-3)58-36-32-29-26-23-20-17-14-11-8-5-2/h39-44,51H,4-38H2,1-3H3,(H,50,54)(H,52,53)(H2,55,56,57)/t39-,40-,41-,42-,43-,44+/m1/s1. The third-order valence-electron chi connectivity index (χ3n) is 12.1. The van der Waals surface area contributed by atoms with E-state index in [1.165, 1.54) is 103 Å². The topological polar surface area (TPSA) is 181 Å². The van der Waals surface area contributed by atoms with E-state index in [4.69, 9.17) is 18.7 Å². The highest BCUT2D eigenvalue weighted by Crippen LogP contribution is 2.42. The van der Waals surface area contributed by atoms with Crippen LogP contribution in [0.2, 0.25) is 0 Å². The number of amides is 1. The van der Waals surface area contributed by atoms with Crippen LogP contribution in [-0.4, -0.2) is 94.2 Å². The van der Waals surface area contributed by atoms with Crippen LogP contribution in [0, 0.1) is 0 Å². The van der Waals surface area contributed by atoms with Crippen LogP contribution in [-0.2, 0) is 32.9 Å². The molecule has 1 fully saturated rings. The minimum atomic E-state index is -5.32. The minimum absolute atomic E-state index is 0.0791. The molecule has 0 bridgehead atoms. The molecule has 368 valence electrons. The van der Waals surface area contributed by atoms with Crippen LogP contribution in [0.15, 0.2) is 0 Å². The number of nitrogens with one attached hydrogen (secondary N) is 1. The number of carboxylic acids is 1. The number of hydrogen-bond acceptors (Lipinski definition) is 8. The highest BCUT2D eigenvalue weighted by Gasteiger charge is 2.54. The molecule has 0 aliphatic carbocycles. The molecule has 5 N–H and O–H groups in total. The zero-order valence-electron chi connectivity index (χ0n) is 39.1. The summed E-state index contributed by atoms with van der Waals surface area (Å²) in [4.78, 5) is 45.3. The van der Waals surface area contributed by atoms with Crippen molar-refractivity contribution in [3.63, 3.8) is 0 Å². The summed E-state index contributed by atoms with van der Waals surface area (Å²) in [6.45, 7) is 6.07. The van der Waals surface area contributed by atoms with E-state index in [9.17, 15) is 34.2 Å². The third kappa shape index (κ3) is 28.6. The van der Waals surface area contributed by atoms with E-state index in [1.807, 2.05) is 0 Å². The summed E-state index contributed by atoms with van der Waals surface area (Å²) in [5.74, 6) is -7.26. The van der Waals surface area contributed by atoms with Gasteiger partial charge in [0.25, 0.3) is 5.91 Å². The van der Waals surface area contributed by atoms with Crippen molar-refractivity contribution < 1.29 is 61.7 Å². The van der Waals surface area contributed by atoms with Gasteiger partial charge in [-0.15, -0.1) is 0 Å². The van der Waals surface area contributed by atoms with Crippen molar-refractivity contribution in [3.05, 3.63) is 0 Å². The van der Waals surface area contributed by atoms with E-state index in [0.29, 0.717) is 19.4 Å². The Labute approximate surface area is 374 Å². The first-order chi connectivity index (χ1) is 29.8. The van der Waals surface area contributed by atoms with Crippen molar-refractivity contribution in [2.45, 2.75) is 269 Å². The van der Waals surface area contributed by atoms with Crippen LogP contribution in [0.3, 0.4) is 0 Å². The van der Waals surface area contributed by atoms with E-state index < -0.39 is 69.1 Å². The lowest BCUT2D eigenvalue weighted by Gasteiger charge is -2.45. The number of aliphatic hydroxyl groups is 1. The summed E-state index contributed by atoms with van der Waals surface area (Å²) >= 11 is 0. The van der Waals surface area contributed by atoms with Crippen LogP contribution in [0.4, 0.5) is 8.78 Å². The SMILES string of the molecule is CCCCCCCCCCCCO[C@H](CCCCCCCCCCC)CCO[C@@H]1[C@@H](NC(=O)C(F)(F)CCCCCCCCCCCC)[C@@H](C(=O)O)O[C@H](CO)[C@H]1OP(=O)(O)O.